The second-order valence-electron chi connectivity index (χ2n) is 12.8. The van der Waals surface area contributed by atoms with Crippen LogP contribution in [-0.4, -0.2) is 45.6 Å². The van der Waals surface area contributed by atoms with Crippen LogP contribution in [0.4, 0.5) is 0 Å². The summed E-state index contributed by atoms with van der Waals surface area (Å²) in [6.07, 6.45) is 1.43. The molecule has 2 N–H and O–H groups in total. The number of carbonyl (C=O) groups excluding carboxylic acids is 1. The number of ether oxygens (including phenoxy) is 2. The molecule has 8 nitrogen and oxygen atoms in total. The van der Waals surface area contributed by atoms with Gasteiger partial charge in [0.2, 0.25) is 0 Å². The third kappa shape index (κ3) is 8.13. The van der Waals surface area contributed by atoms with Crippen molar-refractivity contribution in [3.8, 4) is 11.1 Å². The Balaban J connectivity index is 1.07. The SMILES string of the molecule is CN(Cc1ccccc1)C[C@@H]1C[C@H](c2ccc(CO)cc2)O[C@H](c2cccc(-c3cccc(CNC(=O)c4cnc5ccccc5n4)c3)c2)O1. The van der Waals surface area contributed by atoms with E-state index in [0.717, 1.165) is 52.0 Å². The highest BCUT2D eigenvalue weighted by atomic mass is 16.7. The lowest BCUT2D eigenvalue weighted by molar-refractivity contribution is -0.252. The third-order valence-electron chi connectivity index (χ3n) is 8.98. The lowest BCUT2D eigenvalue weighted by Crippen LogP contribution is -2.37. The summed E-state index contributed by atoms with van der Waals surface area (Å²) in [5.41, 5.74) is 8.85. The molecule has 1 aliphatic rings. The number of aliphatic hydroxyl groups excluding tert-OH is 1. The first kappa shape index (κ1) is 33.3. The van der Waals surface area contributed by atoms with Gasteiger partial charge < -0.3 is 19.9 Å². The van der Waals surface area contributed by atoms with Gasteiger partial charge in [0.05, 0.1) is 36.0 Å². The van der Waals surface area contributed by atoms with Gasteiger partial charge in [0.1, 0.15) is 5.69 Å². The summed E-state index contributed by atoms with van der Waals surface area (Å²) in [6, 6.07) is 42.3. The normalized spacial score (nSPS) is 17.5. The van der Waals surface area contributed by atoms with Crippen LogP contribution in [0.5, 0.6) is 0 Å². The number of nitrogens with one attached hydrogen (secondary N) is 1. The van der Waals surface area contributed by atoms with Crippen LogP contribution in [0.15, 0.2) is 134 Å². The first-order chi connectivity index (χ1) is 24.5. The number of amides is 1. The molecule has 5 aromatic carbocycles. The second-order valence-corrected chi connectivity index (χ2v) is 12.8. The molecule has 252 valence electrons. The van der Waals surface area contributed by atoms with E-state index in [4.69, 9.17) is 9.47 Å². The predicted octanol–water partition coefficient (Wildman–Crippen LogP) is 7.40. The molecule has 6 aromatic rings. The van der Waals surface area contributed by atoms with Crippen molar-refractivity contribution in [2.75, 3.05) is 13.6 Å². The average molecular weight is 665 g/mol. The minimum Gasteiger partial charge on any atom is -0.392 e. The van der Waals surface area contributed by atoms with Crippen molar-refractivity contribution in [3.63, 3.8) is 0 Å². The highest BCUT2D eigenvalue weighted by Gasteiger charge is 2.33. The zero-order valence-electron chi connectivity index (χ0n) is 28.0. The van der Waals surface area contributed by atoms with Gasteiger partial charge in [0.25, 0.3) is 5.91 Å². The fourth-order valence-corrected chi connectivity index (χ4v) is 6.41. The van der Waals surface area contributed by atoms with E-state index in [1.54, 1.807) is 0 Å². The van der Waals surface area contributed by atoms with Crippen LogP contribution in [0, 0.1) is 0 Å². The van der Waals surface area contributed by atoms with Gasteiger partial charge in [-0.15, -0.1) is 0 Å². The maximum absolute atomic E-state index is 12.9. The van der Waals surface area contributed by atoms with Crippen LogP contribution >= 0.6 is 0 Å². The van der Waals surface area contributed by atoms with Gasteiger partial charge in [-0.05, 0) is 64.7 Å². The number of likely N-dealkylation sites (N-methyl/N-ethyl adjacent to an activating group) is 1. The molecule has 2 heterocycles. The van der Waals surface area contributed by atoms with Gasteiger partial charge in [0.15, 0.2) is 6.29 Å². The molecular weight excluding hydrogens is 624 g/mol. The number of carbonyl (C=O) groups is 1. The number of rotatable bonds is 11. The smallest absolute Gasteiger partial charge is 0.271 e. The van der Waals surface area contributed by atoms with E-state index in [0.29, 0.717) is 18.5 Å². The molecule has 0 bridgehead atoms. The van der Waals surface area contributed by atoms with E-state index < -0.39 is 6.29 Å². The maximum Gasteiger partial charge on any atom is 0.271 e. The van der Waals surface area contributed by atoms with Gasteiger partial charge in [-0.2, -0.15) is 0 Å². The van der Waals surface area contributed by atoms with Gasteiger partial charge in [-0.3, -0.25) is 14.7 Å². The van der Waals surface area contributed by atoms with Crippen LogP contribution in [0.1, 0.15) is 57.1 Å². The average Bonchev–Trinajstić information content (AvgIpc) is 3.17. The standard InChI is InChI=1S/C42H40N4O4/c1-46(26-29-9-3-2-4-10-29)27-36-23-40(32-19-17-30(28-47)18-20-32)50-42(49-36)35-14-8-13-34(22-35)33-12-7-11-31(21-33)24-44-41(48)39-25-43-37-15-5-6-16-38(37)45-39/h2-22,25,36,40,42,47H,23-24,26-28H2,1H3,(H,44,48)/t36-,40+,42+/m0/s1. The van der Waals surface area contributed by atoms with E-state index in [-0.39, 0.29) is 30.4 Å². The second kappa shape index (κ2) is 15.5. The highest BCUT2D eigenvalue weighted by molar-refractivity contribution is 5.93. The number of hydrogen-bond donors (Lipinski definition) is 2. The summed E-state index contributed by atoms with van der Waals surface area (Å²) in [6.45, 7) is 1.93. The summed E-state index contributed by atoms with van der Waals surface area (Å²) < 4.78 is 13.3. The zero-order chi connectivity index (χ0) is 34.3. The Bertz CT molecular complexity index is 2050. The molecule has 0 radical (unpaired) electrons. The van der Waals surface area contributed by atoms with Gasteiger partial charge in [0, 0.05) is 31.6 Å². The summed E-state index contributed by atoms with van der Waals surface area (Å²) in [5, 5.41) is 12.6. The number of aromatic nitrogens is 2. The molecule has 1 fully saturated rings. The molecule has 1 saturated heterocycles. The van der Waals surface area contributed by atoms with Gasteiger partial charge in [-0.1, -0.05) is 103 Å². The first-order valence-corrected chi connectivity index (χ1v) is 16.9. The van der Waals surface area contributed by atoms with Crippen LogP contribution in [0.25, 0.3) is 22.2 Å². The Morgan fingerprint density at radius 3 is 2.30 bits per heavy atom. The number of para-hydroxylation sites is 2. The number of fused-ring (bicyclic) bond motifs is 1. The lowest BCUT2D eigenvalue weighted by Gasteiger charge is -2.38. The van der Waals surface area contributed by atoms with Gasteiger partial charge >= 0.3 is 0 Å². The van der Waals surface area contributed by atoms with E-state index in [1.165, 1.54) is 11.8 Å². The number of nitrogens with zero attached hydrogens (tertiary/aromatic N) is 3. The summed E-state index contributed by atoms with van der Waals surface area (Å²) >= 11 is 0. The Morgan fingerprint density at radius 1 is 0.780 bits per heavy atom. The van der Waals surface area contributed by atoms with Crippen LogP contribution < -0.4 is 5.32 Å². The van der Waals surface area contributed by atoms with E-state index in [1.807, 2.05) is 78.9 Å². The van der Waals surface area contributed by atoms with Crippen LogP contribution in [0.3, 0.4) is 0 Å². The molecular formula is C42H40N4O4. The van der Waals surface area contributed by atoms with Crippen molar-refractivity contribution < 1.29 is 19.4 Å². The monoisotopic (exact) mass is 664 g/mol. The van der Waals surface area contributed by atoms with Crippen LogP contribution in [-0.2, 0) is 29.2 Å². The van der Waals surface area contributed by atoms with Crippen LogP contribution in [0.2, 0.25) is 0 Å². The van der Waals surface area contributed by atoms with Crippen molar-refractivity contribution in [2.24, 2.45) is 0 Å². The highest BCUT2D eigenvalue weighted by Crippen LogP contribution is 2.39. The van der Waals surface area contributed by atoms with Crippen molar-refractivity contribution in [1.82, 2.24) is 20.2 Å². The molecule has 0 saturated carbocycles. The fourth-order valence-electron chi connectivity index (χ4n) is 6.41. The summed E-state index contributed by atoms with van der Waals surface area (Å²) in [7, 11) is 2.12. The molecule has 1 amide bonds. The Morgan fingerprint density at radius 2 is 1.50 bits per heavy atom. The third-order valence-corrected chi connectivity index (χ3v) is 8.98. The van der Waals surface area contributed by atoms with Crippen molar-refractivity contribution in [2.45, 2.75) is 44.6 Å². The van der Waals surface area contributed by atoms with Crippen molar-refractivity contribution in [1.29, 1.82) is 0 Å². The molecule has 7 rings (SSSR count). The summed E-state index contributed by atoms with van der Waals surface area (Å²) in [4.78, 5) is 24.1. The molecule has 1 aromatic heterocycles. The molecule has 1 aliphatic heterocycles. The number of hydrogen-bond acceptors (Lipinski definition) is 7. The number of benzene rings is 5. The minimum absolute atomic E-state index is 0.00391. The van der Waals surface area contributed by atoms with Crippen molar-refractivity contribution >= 4 is 16.9 Å². The van der Waals surface area contributed by atoms with E-state index >= 15 is 0 Å². The Kier molecular flexibility index (Phi) is 10.3. The molecule has 3 atom stereocenters. The quantitative estimate of drug-likeness (QED) is 0.149. The predicted molar refractivity (Wildman–Crippen MR) is 194 cm³/mol. The van der Waals surface area contributed by atoms with Gasteiger partial charge in [-0.25, -0.2) is 4.98 Å². The zero-order valence-corrected chi connectivity index (χ0v) is 28.0. The molecule has 0 aliphatic carbocycles. The molecule has 8 heteroatoms. The molecule has 0 spiro atoms. The van der Waals surface area contributed by atoms with E-state index in [9.17, 15) is 9.90 Å². The van der Waals surface area contributed by atoms with E-state index in [2.05, 4.69) is 75.8 Å². The summed E-state index contributed by atoms with van der Waals surface area (Å²) in [5.74, 6) is -0.272. The largest absolute Gasteiger partial charge is 0.392 e. The number of aliphatic hydroxyl groups is 1. The lowest BCUT2D eigenvalue weighted by atomic mass is 9.98. The molecule has 50 heavy (non-hydrogen) atoms. The Labute approximate surface area is 292 Å². The minimum atomic E-state index is -0.563. The first-order valence-electron chi connectivity index (χ1n) is 16.9. The maximum atomic E-state index is 12.9. The Hall–Kier alpha value is -5.25. The fraction of sp³-hybridized carbons (Fsp3) is 0.214. The topological polar surface area (TPSA) is 96.8 Å². The van der Waals surface area contributed by atoms with Crippen molar-refractivity contribution in [3.05, 3.63) is 167 Å². The molecule has 0 unspecified atom stereocenters.